The van der Waals surface area contributed by atoms with Gasteiger partial charge in [0.1, 0.15) is 0 Å². The van der Waals surface area contributed by atoms with Crippen molar-refractivity contribution in [2.45, 2.75) is 32.2 Å². The van der Waals surface area contributed by atoms with E-state index in [0.717, 1.165) is 18.4 Å². The number of carboxylic acid groups (broad SMARTS) is 1. The topological polar surface area (TPSA) is 113 Å². The second-order valence-corrected chi connectivity index (χ2v) is 6.11. The summed E-state index contributed by atoms with van der Waals surface area (Å²) in [6.07, 6.45) is 2.62. The highest BCUT2D eigenvalue weighted by atomic mass is 16.4. The Morgan fingerprint density at radius 3 is 2.58 bits per heavy atom. The lowest BCUT2D eigenvalue weighted by Crippen LogP contribution is -2.40. The number of nitrogens with zero attached hydrogens (tertiary/aromatic N) is 1. The third-order valence-corrected chi connectivity index (χ3v) is 4.24. The number of hydrogen-bond acceptors (Lipinski definition) is 3. The normalized spacial score (nSPS) is 17.3. The number of piperidine rings is 1. The molecular weight excluding hydrogens is 310 g/mol. The fraction of sp³-hybridized carbons (Fsp3) is 0.471. The minimum absolute atomic E-state index is 0.0376. The fourth-order valence-corrected chi connectivity index (χ4v) is 2.95. The van der Waals surface area contributed by atoms with Crippen LogP contribution < -0.4 is 11.1 Å². The number of likely N-dealkylation sites (tertiary alicyclic amines) is 1. The van der Waals surface area contributed by atoms with Crippen LogP contribution in [0, 0.1) is 5.92 Å². The van der Waals surface area contributed by atoms with Gasteiger partial charge in [0.2, 0.25) is 0 Å². The maximum Gasteiger partial charge on any atom is 0.312 e. The van der Waals surface area contributed by atoms with Crippen LogP contribution in [-0.2, 0) is 11.3 Å². The van der Waals surface area contributed by atoms with Gasteiger partial charge in [-0.3, -0.25) is 9.59 Å². The monoisotopic (exact) mass is 333 g/mol. The van der Waals surface area contributed by atoms with Crippen molar-refractivity contribution in [2.24, 2.45) is 11.7 Å². The fourth-order valence-electron chi connectivity index (χ4n) is 2.95. The SMILES string of the molecule is NC(=O)NCc1ccc(C(=O)N2CCC[C@@H](CCC(=O)O)C2)cc1. The molecule has 0 saturated carbocycles. The first kappa shape index (κ1) is 17.8. The van der Waals surface area contributed by atoms with Crippen LogP contribution in [0.3, 0.4) is 0 Å². The number of aliphatic carboxylic acids is 1. The highest BCUT2D eigenvalue weighted by Gasteiger charge is 2.24. The lowest BCUT2D eigenvalue weighted by atomic mass is 9.93. The van der Waals surface area contributed by atoms with Gasteiger partial charge in [-0.15, -0.1) is 0 Å². The molecule has 1 atom stereocenters. The van der Waals surface area contributed by atoms with Crippen LogP contribution in [-0.4, -0.2) is 41.0 Å². The molecule has 4 N–H and O–H groups in total. The van der Waals surface area contributed by atoms with Crippen molar-refractivity contribution in [3.63, 3.8) is 0 Å². The van der Waals surface area contributed by atoms with E-state index in [4.69, 9.17) is 10.8 Å². The van der Waals surface area contributed by atoms with Crippen LogP contribution in [0.25, 0.3) is 0 Å². The maximum atomic E-state index is 12.6. The Morgan fingerprint density at radius 1 is 1.25 bits per heavy atom. The third kappa shape index (κ3) is 5.26. The summed E-state index contributed by atoms with van der Waals surface area (Å²) in [6, 6.07) is 6.46. The molecule has 0 unspecified atom stereocenters. The molecule has 1 aliphatic rings. The van der Waals surface area contributed by atoms with Crippen molar-refractivity contribution < 1.29 is 19.5 Å². The zero-order valence-corrected chi connectivity index (χ0v) is 13.5. The standard InChI is InChI=1S/C17H23N3O4/c18-17(24)19-10-12-3-6-14(7-4-12)16(23)20-9-1-2-13(11-20)5-8-15(21)22/h3-4,6-7,13H,1-2,5,8-11H2,(H,21,22)(H3,18,19,24)/t13-/m0/s1. The van der Waals surface area contributed by atoms with E-state index < -0.39 is 12.0 Å². The van der Waals surface area contributed by atoms with Gasteiger partial charge in [-0.2, -0.15) is 0 Å². The van der Waals surface area contributed by atoms with E-state index in [9.17, 15) is 14.4 Å². The molecule has 0 aromatic heterocycles. The molecular formula is C17H23N3O4. The summed E-state index contributed by atoms with van der Waals surface area (Å²) in [5, 5.41) is 11.3. The van der Waals surface area contributed by atoms with E-state index in [1.54, 1.807) is 29.2 Å². The number of carboxylic acids is 1. The van der Waals surface area contributed by atoms with Crippen molar-refractivity contribution in [2.75, 3.05) is 13.1 Å². The molecule has 1 saturated heterocycles. The molecule has 1 aliphatic heterocycles. The molecule has 24 heavy (non-hydrogen) atoms. The number of nitrogens with one attached hydrogen (secondary N) is 1. The molecule has 3 amide bonds. The highest BCUT2D eigenvalue weighted by Crippen LogP contribution is 2.22. The first-order chi connectivity index (χ1) is 11.5. The Kier molecular flexibility index (Phi) is 6.17. The van der Waals surface area contributed by atoms with Crippen molar-refractivity contribution in [1.29, 1.82) is 0 Å². The first-order valence-electron chi connectivity index (χ1n) is 8.09. The number of benzene rings is 1. The zero-order valence-electron chi connectivity index (χ0n) is 13.5. The summed E-state index contributed by atoms with van der Waals surface area (Å²) in [7, 11) is 0. The number of rotatable bonds is 6. The molecule has 130 valence electrons. The van der Waals surface area contributed by atoms with Gasteiger partial charge >= 0.3 is 12.0 Å². The largest absolute Gasteiger partial charge is 0.481 e. The van der Waals surface area contributed by atoms with Gasteiger partial charge in [0.25, 0.3) is 5.91 Å². The van der Waals surface area contributed by atoms with Crippen LogP contribution in [0.1, 0.15) is 41.6 Å². The molecule has 0 bridgehead atoms. The molecule has 1 aromatic carbocycles. The van der Waals surface area contributed by atoms with Crippen LogP contribution in [0.5, 0.6) is 0 Å². The van der Waals surface area contributed by atoms with Crippen molar-refractivity contribution >= 4 is 17.9 Å². The Morgan fingerprint density at radius 2 is 1.96 bits per heavy atom. The van der Waals surface area contributed by atoms with E-state index in [1.165, 1.54) is 0 Å². The van der Waals surface area contributed by atoms with Crippen LogP contribution in [0.15, 0.2) is 24.3 Å². The van der Waals surface area contributed by atoms with E-state index in [-0.39, 0.29) is 18.2 Å². The lowest BCUT2D eigenvalue weighted by Gasteiger charge is -2.32. The number of nitrogens with two attached hydrogens (primary N) is 1. The molecule has 1 fully saturated rings. The van der Waals surface area contributed by atoms with Gasteiger partial charge in [-0.1, -0.05) is 12.1 Å². The van der Waals surface area contributed by atoms with Gasteiger partial charge in [0.05, 0.1) is 0 Å². The molecule has 0 radical (unpaired) electrons. The Balaban J connectivity index is 1.92. The van der Waals surface area contributed by atoms with Crippen molar-refractivity contribution in [3.8, 4) is 0 Å². The van der Waals surface area contributed by atoms with Gasteiger partial charge in [-0.25, -0.2) is 4.79 Å². The van der Waals surface area contributed by atoms with Gasteiger partial charge in [0, 0.05) is 31.6 Å². The third-order valence-electron chi connectivity index (χ3n) is 4.24. The first-order valence-corrected chi connectivity index (χ1v) is 8.09. The quantitative estimate of drug-likeness (QED) is 0.733. The number of carbonyl (C=O) groups is 3. The zero-order chi connectivity index (χ0) is 17.5. The number of hydrogen-bond donors (Lipinski definition) is 3. The summed E-state index contributed by atoms with van der Waals surface area (Å²) in [4.78, 5) is 35.8. The Labute approximate surface area is 140 Å². The summed E-state index contributed by atoms with van der Waals surface area (Å²) in [5.74, 6) is -0.583. The van der Waals surface area contributed by atoms with E-state index in [0.29, 0.717) is 31.6 Å². The van der Waals surface area contributed by atoms with E-state index in [2.05, 4.69) is 5.32 Å². The molecule has 2 rings (SSSR count). The van der Waals surface area contributed by atoms with Crippen LogP contribution in [0.2, 0.25) is 0 Å². The Hall–Kier alpha value is -2.57. The molecule has 0 aliphatic carbocycles. The van der Waals surface area contributed by atoms with Crippen molar-refractivity contribution in [3.05, 3.63) is 35.4 Å². The van der Waals surface area contributed by atoms with Gasteiger partial charge < -0.3 is 21.1 Å². The average molecular weight is 333 g/mol. The molecule has 7 nitrogen and oxygen atoms in total. The number of urea groups is 1. The molecule has 1 heterocycles. The summed E-state index contributed by atoms with van der Waals surface area (Å²) in [5.41, 5.74) is 6.48. The molecule has 7 heteroatoms. The second-order valence-electron chi connectivity index (χ2n) is 6.11. The molecule has 1 aromatic rings. The Bertz CT molecular complexity index is 600. The van der Waals surface area contributed by atoms with E-state index in [1.807, 2.05) is 0 Å². The average Bonchev–Trinajstić information content (AvgIpc) is 2.58. The number of primary amides is 1. The van der Waals surface area contributed by atoms with Crippen LogP contribution >= 0.6 is 0 Å². The summed E-state index contributed by atoms with van der Waals surface area (Å²) < 4.78 is 0. The predicted molar refractivity (Wildman–Crippen MR) is 88.4 cm³/mol. The van der Waals surface area contributed by atoms with Crippen molar-refractivity contribution in [1.82, 2.24) is 10.2 Å². The highest BCUT2D eigenvalue weighted by molar-refractivity contribution is 5.94. The molecule has 0 spiro atoms. The predicted octanol–water partition coefficient (Wildman–Crippen LogP) is 1.57. The number of carbonyl (C=O) groups excluding carboxylic acids is 2. The summed E-state index contributed by atoms with van der Waals surface area (Å²) in [6.45, 7) is 1.63. The minimum Gasteiger partial charge on any atom is -0.481 e. The smallest absolute Gasteiger partial charge is 0.312 e. The number of amides is 3. The maximum absolute atomic E-state index is 12.6. The lowest BCUT2D eigenvalue weighted by molar-refractivity contribution is -0.137. The van der Waals surface area contributed by atoms with Crippen LogP contribution in [0.4, 0.5) is 4.79 Å². The van der Waals surface area contributed by atoms with E-state index >= 15 is 0 Å². The summed E-state index contributed by atoms with van der Waals surface area (Å²) >= 11 is 0. The minimum atomic E-state index is -0.793. The van der Waals surface area contributed by atoms with Gasteiger partial charge in [0.15, 0.2) is 0 Å². The second kappa shape index (κ2) is 8.33. The van der Waals surface area contributed by atoms with Gasteiger partial charge in [-0.05, 0) is 42.9 Å².